The number of nitrogens with one attached hydrogen (secondary N) is 3. The molecule has 0 saturated carbocycles. The van der Waals surface area contributed by atoms with Crippen LogP contribution in [0.3, 0.4) is 0 Å². The molecular weight excluding hydrogens is 532 g/mol. The second-order valence-electron chi connectivity index (χ2n) is 12.8. The van der Waals surface area contributed by atoms with Crippen LogP contribution in [0.4, 0.5) is 5.69 Å². The van der Waals surface area contributed by atoms with Crippen LogP contribution < -0.4 is 16.0 Å². The molecule has 0 saturated heterocycles. The highest BCUT2D eigenvalue weighted by Gasteiger charge is 2.19. The molecule has 0 aliphatic carbocycles. The van der Waals surface area contributed by atoms with E-state index >= 15 is 0 Å². The zero-order valence-corrected chi connectivity index (χ0v) is 26.4. The molecule has 0 aliphatic rings. The number of rotatable bonds is 10. The standard InChI is InChI=1S/C33H44N4O3S/c1-22-29(24-9-11-25(12-10-24)30(38)36-21-32(2,3)4)18-28(20-35-22)37-31(39)26-15-23(19-34-13-14-41(8)40)16-27(17-26)33(5,6)7/h9-12,15-18,20,34H,13-14,19,21H2,1-8H3,(H,36,38)(H,37,39). The lowest BCUT2D eigenvalue weighted by molar-refractivity contribution is 0.0938. The Bertz CT molecular complexity index is 1360. The topological polar surface area (TPSA) is 106 Å². The van der Waals surface area contributed by atoms with Crippen molar-refractivity contribution in [1.29, 1.82) is 0 Å². The van der Waals surface area contributed by atoms with Gasteiger partial charge in [0.15, 0.2) is 0 Å². The van der Waals surface area contributed by atoms with Crippen LogP contribution in [0, 0.1) is 12.3 Å². The Morgan fingerprint density at radius 3 is 2.22 bits per heavy atom. The van der Waals surface area contributed by atoms with Crippen LogP contribution in [0.1, 0.15) is 79.1 Å². The number of nitrogens with zero attached hydrogens (tertiary/aromatic N) is 1. The molecule has 1 heterocycles. The third kappa shape index (κ3) is 9.99. The van der Waals surface area contributed by atoms with E-state index in [-0.39, 0.29) is 22.6 Å². The fraction of sp³-hybridized carbons (Fsp3) is 0.424. The Kier molecular flexibility index (Phi) is 10.8. The number of anilines is 1. The first-order valence-corrected chi connectivity index (χ1v) is 15.7. The maximum absolute atomic E-state index is 13.4. The maximum atomic E-state index is 13.4. The van der Waals surface area contributed by atoms with E-state index in [1.54, 1.807) is 12.5 Å². The number of amides is 2. The zero-order valence-electron chi connectivity index (χ0n) is 25.6. The zero-order chi connectivity index (χ0) is 30.4. The van der Waals surface area contributed by atoms with Gasteiger partial charge < -0.3 is 20.5 Å². The molecule has 2 aromatic carbocycles. The van der Waals surface area contributed by atoms with E-state index in [1.807, 2.05) is 49.4 Å². The van der Waals surface area contributed by atoms with Gasteiger partial charge in [0.25, 0.3) is 11.8 Å². The first kappa shape index (κ1) is 32.3. The summed E-state index contributed by atoms with van der Waals surface area (Å²) in [5.74, 6) is 0.270. The number of carbonyl (C=O) groups is 2. The van der Waals surface area contributed by atoms with Gasteiger partial charge >= 0.3 is 0 Å². The Balaban J connectivity index is 1.79. The Labute approximate surface area is 248 Å². The third-order valence-corrected chi connectivity index (χ3v) is 7.38. The summed E-state index contributed by atoms with van der Waals surface area (Å²) in [5, 5.41) is 9.32. The van der Waals surface area contributed by atoms with Crippen LogP contribution in [0.5, 0.6) is 0 Å². The molecule has 1 atom stereocenters. The second-order valence-corrected chi connectivity index (χ2v) is 14.3. The lowest BCUT2D eigenvalue weighted by Crippen LogP contribution is -2.32. The molecule has 1 unspecified atom stereocenters. The van der Waals surface area contributed by atoms with Crippen molar-refractivity contribution in [3.63, 3.8) is 0 Å². The Morgan fingerprint density at radius 2 is 1.61 bits per heavy atom. The minimum Gasteiger partial charge on any atom is -0.617 e. The highest BCUT2D eigenvalue weighted by atomic mass is 32.2. The van der Waals surface area contributed by atoms with E-state index in [4.69, 9.17) is 0 Å². The molecule has 0 radical (unpaired) electrons. The summed E-state index contributed by atoms with van der Waals surface area (Å²) in [5.41, 5.74) is 6.31. The van der Waals surface area contributed by atoms with Gasteiger partial charge in [-0.15, -0.1) is 0 Å². The van der Waals surface area contributed by atoms with Crippen molar-refractivity contribution in [2.75, 3.05) is 30.4 Å². The number of hydrogen-bond acceptors (Lipinski definition) is 5. The number of hydrogen-bond donors (Lipinski definition) is 3. The Morgan fingerprint density at radius 1 is 0.927 bits per heavy atom. The molecular formula is C33H44N4O3S. The van der Waals surface area contributed by atoms with Gasteiger partial charge in [-0.05, 0) is 64.8 Å². The van der Waals surface area contributed by atoms with Crippen molar-refractivity contribution in [2.24, 2.45) is 5.41 Å². The molecule has 0 fully saturated rings. The molecule has 0 spiro atoms. The molecule has 0 aliphatic heterocycles. The van der Waals surface area contributed by atoms with Crippen LogP contribution in [-0.2, 0) is 23.1 Å². The summed E-state index contributed by atoms with van der Waals surface area (Å²) in [4.78, 5) is 30.5. The minimum absolute atomic E-state index is 0.00701. The van der Waals surface area contributed by atoms with Gasteiger partial charge in [-0.1, -0.05) is 70.9 Å². The van der Waals surface area contributed by atoms with Crippen molar-refractivity contribution >= 4 is 28.7 Å². The molecule has 220 valence electrons. The molecule has 3 N–H and O–H groups in total. The summed E-state index contributed by atoms with van der Waals surface area (Å²) in [7, 11) is 0. The largest absolute Gasteiger partial charge is 0.617 e. The predicted octanol–water partition coefficient (Wildman–Crippen LogP) is 5.85. The van der Waals surface area contributed by atoms with Crippen LogP contribution in [0.15, 0.2) is 54.7 Å². The fourth-order valence-electron chi connectivity index (χ4n) is 4.15. The quantitative estimate of drug-likeness (QED) is 0.207. The number of benzene rings is 2. The highest BCUT2D eigenvalue weighted by Crippen LogP contribution is 2.28. The lowest BCUT2D eigenvalue weighted by Gasteiger charge is -2.21. The third-order valence-electron chi connectivity index (χ3n) is 6.60. The fourth-order valence-corrected chi connectivity index (χ4v) is 4.58. The first-order chi connectivity index (χ1) is 19.1. The first-order valence-electron chi connectivity index (χ1n) is 13.9. The van der Waals surface area contributed by atoms with Crippen molar-refractivity contribution in [3.05, 3.63) is 82.7 Å². The summed E-state index contributed by atoms with van der Waals surface area (Å²) in [6.07, 6.45) is 3.35. The molecule has 2 amide bonds. The van der Waals surface area contributed by atoms with E-state index in [9.17, 15) is 14.1 Å². The van der Waals surface area contributed by atoms with Crippen molar-refractivity contribution < 1.29 is 14.1 Å². The summed E-state index contributed by atoms with van der Waals surface area (Å²) in [6.45, 7) is 16.3. The van der Waals surface area contributed by atoms with Gasteiger partial charge in [-0.25, -0.2) is 0 Å². The number of carbonyl (C=O) groups excluding carboxylic acids is 2. The maximum Gasteiger partial charge on any atom is 0.255 e. The van der Waals surface area contributed by atoms with Crippen LogP contribution >= 0.6 is 0 Å². The van der Waals surface area contributed by atoms with Crippen molar-refractivity contribution in [1.82, 2.24) is 15.6 Å². The van der Waals surface area contributed by atoms with Gasteiger partial charge in [0.05, 0.1) is 18.1 Å². The number of pyridine rings is 1. The summed E-state index contributed by atoms with van der Waals surface area (Å²) in [6, 6.07) is 15.3. The number of aryl methyl sites for hydroxylation is 1. The Hall–Kier alpha value is -3.20. The van der Waals surface area contributed by atoms with Crippen LogP contribution in [-0.4, -0.2) is 46.4 Å². The predicted molar refractivity (Wildman–Crippen MR) is 170 cm³/mol. The number of aromatic nitrogens is 1. The van der Waals surface area contributed by atoms with E-state index in [0.717, 1.165) is 27.9 Å². The molecule has 1 aromatic heterocycles. The smallest absolute Gasteiger partial charge is 0.255 e. The van der Waals surface area contributed by atoms with E-state index in [1.165, 1.54) is 0 Å². The monoisotopic (exact) mass is 576 g/mol. The molecule has 8 heteroatoms. The average Bonchev–Trinajstić information content (AvgIpc) is 2.89. The van der Waals surface area contributed by atoms with Crippen LogP contribution in [0.25, 0.3) is 11.1 Å². The molecule has 3 aromatic rings. The van der Waals surface area contributed by atoms with E-state index < -0.39 is 11.2 Å². The lowest BCUT2D eigenvalue weighted by atomic mass is 9.85. The highest BCUT2D eigenvalue weighted by molar-refractivity contribution is 7.90. The second kappa shape index (κ2) is 13.6. The van der Waals surface area contributed by atoms with Gasteiger partial charge in [-0.3, -0.25) is 14.6 Å². The summed E-state index contributed by atoms with van der Waals surface area (Å²) >= 11 is -0.852. The van der Waals surface area contributed by atoms with Crippen molar-refractivity contribution in [3.8, 4) is 11.1 Å². The molecule has 3 rings (SSSR count). The average molecular weight is 577 g/mol. The molecule has 0 bridgehead atoms. The normalized spacial score (nSPS) is 12.6. The minimum atomic E-state index is -0.852. The van der Waals surface area contributed by atoms with E-state index in [0.29, 0.717) is 42.2 Å². The van der Waals surface area contributed by atoms with Crippen molar-refractivity contribution in [2.45, 2.75) is 60.4 Å². The van der Waals surface area contributed by atoms with E-state index in [2.05, 4.69) is 68.5 Å². The summed E-state index contributed by atoms with van der Waals surface area (Å²) < 4.78 is 11.4. The van der Waals surface area contributed by atoms with Gasteiger partial charge in [0, 0.05) is 42.0 Å². The van der Waals surface area contributed by atoms with Gasteiger partial charge in [-0.2, -0.15) is 0 Å². The SMILES string of the molecule is Cc1ncc(NC(=O)c2cc(CNCC[S+](C)[O-])cc(C(C)(C)C)c2)cc1-c1ccc(C(=O)NCC(C)(C)C)cc1. The van der Waals surface area contributed by atoms with Gasteiger partial charge in [0.1, 0.15) is 5.75 Å². The molecule has 7 nitrogen and oxygen atoms in total. The molecule has 41 heavy (non-hydrogen) atoms. The van der Waals surface area contributed by atoms with Crippen LogP contribution in [0.2, 0.25) is 0 Å². The van der Waals surface area contributed by atoms with Gasteiger partial charge in [0.2, 0.25) is 0 Å².